The third-order valence-electron chi connectivity index (χ3n) is 10.6. The second-order valence-corrected chi connectivity index (χ2v) is 14.9. The minimum absolute atomic E-state index is 0.00605. The summed E-state index contributed by atoms with van der Waals surface area (Å²) < 4.78 is 0. The molecule has 0 radical (unpaired) electrons. The van der Waals surface area contributed by atoms with Crippen molar-refractivity contribution < 1.29 is 19.4 Å². The molecule has 0 bridgehead atoms. The van der Waals surface area contributed by atoms with Crippen LogP contribution in [0.1, 0.15) is 220 Å². The highest BCUT2D eigenvalue weighted by molar-refractivity contribution is 5.76. The largest absolute Gasteiger partial charge is 0.342 e. The molecule has 1 saturated heterocycles. The predicted octanol–water partition coefficient (Wildman–Crippen LogP) is 12.1. The number of carbonyl (C=O) groups is 2. The van der Waals surface area contributed by atoms with E-state index < -0.39 is 0 Å². The molecule has 1 unspecified atom stereocenters. The number of amides is 1. The molecule has 1 atom stereocenters. The number of rotatable bonds is 35. The van der Waals surface area contributed by atoms with Crippen molar-refractivity contribution in [2.75, 3.05) is 26.2 Å². The summed E-state index contributed by atoms with van der Waals surface area (Å²) >= 11 is 0. The molecule has 48 heavy (non-hydrogen) atoms. The molecule has 1 heterocycles. The van der Waals surface area contributed by atoms with Gasteiger partial charge in [0.15, 0.2) is 0 Å². The maximum atomic E-state index is 13.9. The first kappa shape index (κ1) is 44.9. The van der Waals surface area contributed by atoms with Crippen molar-refractivity contribution in [1.29, 1.82) is 0 Å². The summed E-state index contributed by atoms with van der Waals surface area (Å²) in [6.45, 7) is 13.2. The molecule has 1 amide bonds. The standard InChI is InChI=1S/C42H82N2O4/c1-5-9-11-13-15-17-19-23-31-39(32-24-20-21-25-34-42(46)48-47-40(7-3)8-4)44(38-27-22-18-16-14-12-10-6-2)41(45)33-26-28-35-43-36-29-30-37-43/h39-40H,5-38H2,1-4H3. The summed E-state index contributed by atoms with van der Waals surface area (Å²) in [5.41, 5.74) is 0. The van der Waals surface area contributed by atoms with Crippen LogP contribution in [-0.2, 0) is 19.4 Å². The highest BCUT2D eigenvalue weighted by Crippen LogP contribution is 2.22. The van der Waals surface area contributed by atoms with Gasteiger partial charge in [0, 0.05) is 25.4 Å². The van der Waals surface area contributed by atoms with Crippen molar-refractivity contribution in [3.63, 3.8) is 0 Å². The van der Waals surface area contributed by atoms with Gasteiger partial charge in [0.1, 0.15) is 6.10 Å². The van der Waals surface area contributed by atoms with Crippen molar-refractivity contribution in [3.05, 3.63) is 0 Å². The molecule has 0 aromatic carbocycles. The molecule has 284 valence electrons. The van der Waals surface area contributed by atoms with E-state index in [0.29, 0.717) is 24.8 Å². The molecule has 0 aromatic heterocycles. The van der Waals surface area contributed by atoms with Gasteiger partial charge in [0.05, 0.1) is 0 Å². The zero-order valence-electron chi connectivity index (χ0n) is 32.7. The van der Waals surface area contributed by atoms with Crippen molar-refractivity contribution in [2.45, 2.75) is 232 Å². The van der Waals surface area contributed by atoms with Crippen molar-refractivity contribution in [3.8, 4) is 0 Å². The van der Waals surface area contributed by atoms with Crippen LogP contribution in [0, 0.1) is 0 Å². The molecule has 1 aliphatic rings. The Bertz CT molecular complexity index is 722. The highest BCUT2D eigenvalue weighted by atomic mass is 17.2. The fourth-order valence-electron chi connectivity index (χ4n) is 7.25. The maximum absolute atomic E-state index is 13.9. The predicted molar refractivity (Wildman–Crippen MR) is 204 cm³/mol. The van der Waals surface area contributed by atoms with Gasteiger partial charge in [-0.1, -0.05) is 143 Å². The first-order valence-corrected chi connectivity index (χ1v) is 21.4. The third-order valence-corrected chi connectivity index (χ3v) is 10.6. The van der Waals surface area contributed by atoms with Crippen LogP contribution in [0.25, 0.3) is 0 Å². The number of likely N-dealkylation sites (tertiary alicyclic amines) is 1. The van der Waals surface area contributed by atoms with E-state index in [1.807, 2.05) is 13.8 Å². The lowest BCUT2D eigenvalue weighted by Gasteiger charge is -2.33. The van der Waals surface area contributed by atoms with Crippen LogP contribution in [0.5, 0.6) is 0 Å². The van der Waals surface area contributed by atoms with Crippen LogP contribution in [0.4, 0.5) is 0 Å². The van der Waals surface area contributed by atoms with E-state index >= 15 is 0 Å². The molecule has 0 aliphatic carbocycles. The lowest BCUT2D eigenvalue weighted by Crippen LogP contribution is -2.41. The zero-order valence-corrected chi connectivity index (χ0v) is 32.7. The topological polar surface area (TPSA) is 59.1 Å². The fourth-order valence-corrected chi connectivity index (χ4v) is 7.25. The minimum Gasteiger partial charge on any atom is -0.340 e. The average molecular weight is 679 g/mol. The van der Waals surface area contributed by atoms with Gasteiger partial charge in [-0.05, 0) is 83.8 Å². The van der Waals surface area contributed by atoms with Crippen molar-refractivity contribution >= 4 is 11.9 Å². The first-order valence-electron chi connectivity index (χ1n) is 21.4. The fraction of sp³-hybridized carbons (Fsp3) is 0.952. The molecule has 1 rings (SSSR count). The van der Waals surface area contributed by atoms with Crippen LogP contribution < -0.4 is 0 Å². The molecule has 0 N–H and O–H groups in total. The molecule has 0 aromatic rings. The van der Waals surface area contributed by atoms with E-state index in [1.165, 1.54) is 122 Å². The van der Waals surface area contributed by atoms with Crippen LogP contribution in [0.15, 0.2) is 0 Å². The van der Waals surface area contributed by atoms with E-state index in [-0.39, 0.29) is 12.1 Å². The second kappa shape index (κ2) is 33.0. The Morgan fingerprint density at radius 3 is 1.60 bits per heavy atom. The molecule has 6 nitrogen and oxygen atoms in total. The Morgan fingerprint density at radius 1 is 0.583 bits per heavy atom. The summed E-state index contributed by atoms with van der Waals surface area (Å²) in [6.07, 6.45) is 35.0. The van der Waals surface area contributed by atoms with Gasteiger partial charge in [0.2, 0.25) is 5.91 Å². The smallest absolute Gasteiger partial charge is 0.340 e. The van der Waals surface area contributed by atoms with Gasteiger partial charge < -0.3 is 9.80 Å². The van der Waals surface area contributed by atoms with Gasteiger partial charge in [-0.15, -0.1) is 0 Å². The lowest BCUT2D eigenvalue weighted by atomic mass is 9.97. The van der Waals surface area contributed by atoms with Crippen LogP contribution in [0.2, 0.25) is 0 Å². The van der Waals surface area contributed by atoms with Gasteiger partial charge in [-0.25, -0.2) is 4.79 Å². The molecule has 1 aliphatic heterocycles. The molecule has 0 spiro atoms. The SMILES string of the molecule is CCCCCCCCCCC(CCCCCCC(=O)OOC(CC)CC)N(CCCCCCCCCC)C(=O)CCCCN1CCCC1. The molecular weight excluding hydrogens is 596 g/mol. The number of unbranched alkanes of at least 4 members (excludes halogenated alkanes) is 18. The molecule has 6 heteroatoms. The summed E-state index contributed by atoms with van der Waals surface area (Å²) in [5, 5.41) is 0. The minimum atomic E-state index is -0.249. The quantitative estimate of drug-likeness (QED) is 0.0379. The van der Waals surface area contributed by atoms with Crippen molar-refractivity contribution in [2.24, 2.45) is 0 Å². The van der Waals surface area contributed by atoms with Gasteiger partial charge in [0.25, 0.3) is 0 Å². The van der Waals surface area contributed by atoms with Gasteiger partial charge in [-0.3, -0.25) is 9.68 Å². The molecular formula is C42H82N2O4. The van der Waals surface area contributed by atoms with E-state index in [9.17, 15) is 9.59 Å². The lowest BCUT2D eigenvalue weighted by molar-refractivity contribution is -0.298. The summed E-state index contributed by atoms with van der Waals surface area (Å²) in [5.74, 6) is 0.158. The van der Waals surface area contributed by atoms with Gasteiger partial charge in [-0.2, -0.15) is 4.89 Å². The molecule has 1 fully saturated rings. The Labute approximate surface area is 299 Å². The number of hydrogen-bond acceptors (Lipinski definition) is 5. The van der Waals surface area contributed by atoms with Crippen LogP contribution in [-0.4, -0.2) is 60.0 Å². The van der Waals surface area contributed by atoms with E-state index in [0.717, 1.165) is 83.7 Å². The number of carbonyl (C=O) groups excluding carboxylic acids is 2. The zero-order chi connectivity index (χ0) is 34.9. The average Bonchev–Trinajstić information content (AvgIpc) is 3.62. The third kappa shape index (κ3) is 24.9. The normalized spacial score (nSPS) is 14.2. The highest BCUT2D eigenvalue weighted by Gasteiger charge is 2.23. The Hall–Kier alpha value is -1.14. The summed E-state index contributed by atoms with van der Waals surface area (Å²) in [6, 6.07) is 0.360. The Kier molecular flexibility index (Phi) is 30.9. The van der Waals surface area contributed by atoms with E-state index in [1.54, 1.807) is 0 Å². The van der Waals surface area contributed by atoms with E-state index in [2.05, 4.69) is 23.6 Å². The van der Waals surface area contributed by atoms with E-state index in [4.69, 9.17) is 9.78 Å². The van der Waals surface area contributed by atoms with Crippen molar-refractivity contribution in [1.82, 2.24) is 9.80 Å². The van der Waals surface area contributed by atoms with Crippen LogP contribution in [0.3, 0.4) is 0 Å². The summed E-state index contributed by atoms with van der Waals surface area (Å²) in [7, 11) is 0. The second-order valence-electron chi connectivity index (χ2n) is 14.9. The maximum Gasteiger partial charge on any atom is 0.342 e. The number of nitrogens with zero attached hydrogens (tertiary/aromatic N) is 2. The monoisotopic (exact) mass is 679 g/mol. The molecule has 0 saturated carbocycles. The Balaban J connectivity index is 2.66. The Morgan fingerprint density at radius 2 is 1.06 bits per heavy atom. The summed E-state index contributed by atoms with van der Waals surface area (Å²) in [4.78, 5) is 41.2. The number of hydrogen-bond donors (Lipinski definition) is 0. The van der Waals surface area contributed by atoms with Crippen LogP contribution >= 0.6 is 0 Å². The first-order chi connectivity index (χ1) is 23.5. The van der Waals surface area contributed by atoms with Gasteiger partial charge >= 0.3 is 5.97 Å².